The highest BCUT2D eigenvalue weighted by Gasteiger charge is 2.40. The zero-order valence-corrected chi connectivity index (χ0v) is 22.1. The van der Waals surface area contributed by atoms with Gasteiger partial charge in [0.2, 0.25) is 11.9 Å². The molecule has 9 nitrogen and oxygen atoms in total. The maximum absolute atomic E-state index is 13.6. The van der Waals surface area contributed by atoms with Crippen molar-refractivity contribution in [2.45, 2.75) is 62.8 Å². The number of rotatable bonds is 8. The Morgan fingerprint density at radius 3 is 2.31 bits per heavy atom. The highest BCUT2D eigenvalue weighted by molar-refractivity contribution is 5.94. The summed E-state index contributed by atoms with van der Waals surface area (Å²) in [6.45, 7) is 1.90. The topological polar surface area (TPSA) is 102 Å². The molecular weight excluding hydrogens is 511 g/mol. The van der Waals surface area contributed by atoms with Crippen molar-refractivity contribution in [1.82, 2.24) is 25.1 Å². The molecule has 0 spiro atoms. The Morgan fingerprint density at radius 1 is 1.03 bits per heavy atom. The minimum absolute atomic E-state index is 0.00429. The summed E-state index contributed by atoms with van der Waals surface area (Å²) in [5, 5.41) is 8.73. The van der Waals surface area contributed by atoms with Gasteiger partial charge in [0.05, 0.1) is 0 Å². The Bertz CT molecular complexity index is 1190. The van der Waals surface area contributed by atoms with Gasteiger partial charge in [-0.2, -0.15) is 18.2 Å². The van der Waals surface area contributed by atoms with Crippen molar-refractivity contribution in [3.63, 3.8) is 0 Å². The number of alkyl halides is 3. The van der Waals surface area contributed by atoms with Gasteiger partial charge in [-0.3, -0.25) is 9.59 Å². The molecule has 2 aliphatic carbocycles. The van der Waals surface area contributed by atoms with Crippen LogP contribution in [-0.2, 0) is 11.0 Å². The SMILES string of the molecule is CN1CCC(N(C)C(=O)c2ccc(Nc3ncc(C(F)(F)F)c(N[C@H]4C[C@@H](C(=O)NC5CC5)C4)n3)cc2)CC1. The molecule has 1 aromatic heterocycles. The van der Waals surface area contributed by atoms with Gasteiger partial charge in [0.15, 0.2) is 0 Å². The number of nitrogens with zero attached hydrogens (tertiary/aromatic N) is 4. The first-order chi connectivity index (χ1) is 18.6. The van der Waals surface area contributed by atoms with E-state index in [0.717, 1.165) is 45.0 Å². The smallest absolute Gasteiger partial charge is 0.367 e. The molecule has 2 aromatic rings. The third kappa shape index (κ3) is 6.60. The van der Waals surface area contributed by atoms with E-state index in [0.29, 0.717) is 24.1 Å². The highest BCUT2D eigenvalue weighted by Crippen LogP contribution is 2.37. The zero-order valence-electron chi connectivity index (χ0n) is 22.1. The van der Waals surface area contributed by atoms with Crippen LogP contribution in [0.5, 0.6) is 0 Å². The van der Waals surface area contributed by atoms with Gasteiger partial charge in [-0.15, -0.1) is 0 Å². The molecule has 210 valence electrons. The summed E-state index contributed by atoms with van der Waals surface area (Å²) in [6, 6.07) is 6.88. The average molecular weight is 546 g/mol. The molecule has 1 saturated heterocycles. The van der Waals surface area contributed by atoms with Gasteiger partial charge in [0.1, 0.15) is 11.4 Å². The predicted octanol–water partition coefficient (Wildman–Crippen LogP) is 3.87. The van der Waals surface area contributed by atoms with Gasteiger partial charge in [0, 0.05) is 48.5 Å². The maximum Gasteiger partial charge on any atom is 0.421 e. The Kier molecular flexibility index (Phi) is 7.66. The number of carbonyl (C=O) groups is 2. The third-order valence-electron chi connectivity index (χ3n) is 7.81. The number of hydrogen-bond acceptors (Lipinski definition) is 7. The monoisotopic (exact) mass is 545 g/mol. The van der Waals surface area contributed by atoms with Crippen molar-refractivity contribution in [1.29, 1.82) is 0 Å². The second-order valence-corrected chi connectivity index (χ2v) is 10.9. The summed E-state index contributed by atoms with van der Waals surface area (Å²) >= 11 is 0. The van der Waals surface area contributed by atoms with Crippen molar-refractivity contribution in [3.05, 3.63) is 41.6 Å². The first kappa shape index (κ1) is 27.2. The number of likely N-dealkylation sites (tertiary alicyclic amines) is 1. The van der Waals surface area contributed by atoms with E-state index >= 15 is 0 Å². The van der Waals surface area contributed by atoms with Crippen molar-refractivity contribution < 1.29 is 22.8 Å². The lowest BCUT2D eigenvalue weighted by atomic mass is 9.79. The number of benzene rings is 1. The summed E-state index contributed by atoms with van der Waals surface area (Å²) in [5.41, 5.74) is 0.111. The summed E-state index contributed by atoms with van der Waals surface area (Å²) in [7, 11) is 3.89. The number of halogens is 3. The van der Waals surface area contributed by atoms with Gasteiger partial charge in [-0.05, 0) is 82.9 Å². The van der Waals surface area contributed by atoms with Crippen LogP contribution in [0.25, 0.3) is 0 Å². The number of anilines is 3. The van der Waals surface area contributed by atoms with E-state index < -0.39 is 11.7 Å². The lowest BCUT2D eigenvalue weighted by Gasteiger charge is -2.35. The summed E-state index contributed by atoms with van der Waals surface area (Å²) < 4.78 is 40.9. The normalized spacial score (nSPS) is 22.1. The van der Waals surface area contributed by atoms with Crippen molar-refractivity contribution in [2.24, 2.45) is 5.92 Å². The number of hydrogen-bond donors (Lipinski definition) is 3. The van der Waals surface area contributed by atoms with E-state index in [9.17, 15) is 22.8 Å². The van der Waals surface area contributed by atoms with Crippen LogP contribution in [0.3, 0.4) is 0 Å². The van der Waals surface area contributed by atoms with Crippen LogP contribution in [0.2, 0.25) is 0 Å². The van der Waals surface area contributed by atoms with E-state index in [-0.39, 0.29) is 47.6 Å². The molecule has 39 heavy (non-hydrogen) atoms. The van der Waals surface area contributed by atoms with Crippen LogP contribution >= 0.6 is 0 Å². The lowest BCUT2D eigenvalue weighted by molar-refractivity contribution is -0.137. The minimum atomic E-state index is -4.63. The minimum Gasteiger partial charge on any atom is -0.367 e. The number of nitrogens with one attached hydrogen (secondary N) is 3. The second kappa shape index (κ2) is 11.0. The first-order valence-electron chi connectivity index (χ1n) is 13.4. The van der Waals surface area contributed by atoms with Crippen molar-refractivity contribution >= 4 is 29.3 Å². The average Bonchev–Trinajstić information content (AvgIpc) is 3.69. The summed E-state index contributed by atoms with van der Waals surface area (Å²) in [6.07, 6.45) is 0.844. The molecule has 3 fully saturated rings. The highest BCUT2D eigenvalue weighted by atomic mass is 19.4. The fourth-order valence-corrected chi connectivity index (χ4v) is 5.03. The molecule has 3 aliphatic rings. The largest absolute Gasteiger partial charge is 0.421 e. The van der Waals surface area contributed by atoms with Gasteiger partial charge >= 0.3 is 6.18 Å². The predicted molar refractivity (Wildman–Crippen MR) is 141 cm³/mol. The Labute approximate surface area is 225 Å². The molecule has 12 heteroatoms. The fraction of sp³-hybridized carbons (Fsp3) is 0.556. The van der Waals surface area contributed by atoms with Gasteiger partial charge in [0.25, 0.3) is 5.91 Å². The van der Waals surface area contributed by atoms with E-state index in [1.807, 2.05) is 7.05 Å². The quantitative estimate of drug-likeness (QED) is 0.463. The second-order valence-electron chi connectivity index (χ2n) is 10.9. The number of amides is 2. The molecule has 0 unspecified atom stereocenters. The van der Waals surface area contributed by atoms with E-state index in [2.05, 4.69) is 37.9 Å². The fourth-order valence-electron chi connectivity index (χ4n) is 5.03. The molecule has 0 atom stereocenters. The standard InChI is InChI=1S/C27H34F3N7O2/c1-36-11-9-21(10-12-36)37(2)25(39)16-3-5-19(6-4-16)34-26-31-15-22(27(28,29)30)23(35-26)32-20-13-17(14-20)24(38)33-18-7-8-18/h3-6,15,17-18,20-21H,7-14H2,1-2H3,(H,33,38)(H2,31,32,34,35)/t17-,20+. The zero-order chi connectivity index (χ0) is 27.7. The molecule has 2 saturated carbocycles. The molecular formula is C27H34F3N7O2. The van der Waals surface area contributed by atoms with E-state index in [1.54, 1.807) is 29.2 Å². The third-order valence-corrected chi connectivity index (χ3v) is 7.81. The molecule has 1 aliphatic heterocycles. The van der Waals surface area contributed by atoms with E-state index in [1.165, 1.54) is 0 Å². The number of carbonyl (C=O) groups excluding carboxylic acids is 2. The van der Waals surface area contributed by atoms with Gasteiger partial charge in [-0.1, -0.05) is 0 Å². The first-order valence-corrected chi connectivity index (χ1v) is 13.4. The molecule has 0 bridgehead atoms. The molecule has 2 heterocycles. The molecule has 3 N–H and O–H groups in total. The van der Waals surface area contributed by atoms with Crippen LogP contribution < -0.4 is 16.0 Å². The number of aromatic nitrogens is 2. The molecule has 5 rings (SSSR count). The maximum atomic E-state index is 13.6. The summed E-state index contributed by atoms with van der Waals surface area (Å²) in [4.78, 5) is 37.1. The van der Waals surface area contributed by atoms with Crippen LogP contribution in [0.15, 0.2) is 30.5 Å². The van der Waals surface area contributed by atoms with Crippen LogP contribution in [0, 0.1) is 5.92 Å². The Morgan fingerprint density at radius 2 is 1.69 bits per heavy atom. The van der Waals surface area contributed by atoms with Crippen molar-refractivity contribution in [3.8, 4) is 0 Å². The number of piperidine rings is 1. The molecule has 0 radical (unpaired) electrons. The van der Waals surface area contributed by atoms with Gasteiger partial charge < -0.3 is 25.8 Å². The van der Waals surface area contributed by atoms with Crippen LogP contribution in [-0.4, -0.2) is 76.9 Å². The lowest BCUT2D eigenvalue weighted by Crippen LogP contribution is -2.45. The van der Waals surface area contributed by atoms with E-state index in [4.69, 9.17) is 0 Å². The molecule has 1 aromatic carbocycles. The van der Waals surface area contributed by atoms with Crippen molar-refractivity contribution in [2.75, 3.05) is 37.8 Å². The van der Waals surface area contributed by atoms with Crippen LogP contribution in [0.1, 0.15) is 54.4 Å². The molecule has 2 amide bonds. The summed E-state index contributed by atoms with van der Waals surface area (Å²) in [5.74, 6) is -0.626. The Hall–Kier alpha value is -3.41. The van der Waals surface area contributed by atoms with Crippen LogP contribution in [0.4, 0.5) is 30.6 Å². The van der Waals surface area contributed by atoms with Gasteiger partial charge in [-0.25, -0.2) is 4.98 Å². The Balaban J connectivity index is 1.22.